The molecule has 1 saturated heterocycles. The van der Waals surface area contributed by atoms with Crippen LogP contribution in [0.5, 0.6) is 0 Å². The first-order valence-corrected chi connectivity index (χ1v) is 6.85. The first-order chi connectivity index (χ1) is 9.24. The minimum Gasteiger partial charge on any atom is -0.336 e. The second-order valence-electron chi connectivity index (χ2n) is 4.79. The molecule has 1 N–H and O–H groups in total. The van der Waals surface area contributed by atoms with Crippen LogP contribution in [0.15, 0.2) is 18.3 Å². The van der Waals surface area contributed by atoms with Crippen molar-refractivity contribution in [1.82, 2.24) is 20.1 Å². The first kappa shape index (κ1) is 14.0. The summed E-state index contributed by atoms with van der Waals surface area (Å²) in [6, 6.07) is 3.68. The molecular formula is C14H22N4O. The zero-order chi connectivity index (χ0) is 13.7. The Bertz CT molecular complexity index is 427. The van der Waals surface area contributed by atoms with Crippen molar-refractivity contribution in [2.24, 2.45) is 0 Å². The van der Waals surface area contributed by atoms with Crippen molar-refractivity contribution in [1.29, 1.82) is 0 Å². The van der Waals surface area contributed by atoms with Crippen molar-refractivity contribution >= 4 is 5.91 Å². The van der Waals surface area contributed by atoms with Crippen LogP contribution in [0.2, 0.25) is 0 Å². The van der Waals surface area contributed by atoms with Crippen molar-refractivity contribution in [3.05, 3.63) is 29.6 Å². The summed E-state index contributed by atoms with van der Waals surface area (Å²) in [6.45, 7) is 7.47. The molecule has 0 spiro atoms. The van der Waals surface area contributed by atoms with E-state index in [1.54, 1.807) is 12.3 Å². The molecule has 2 heterocycles. The summed E-state index contributed by atoms with van der Waals surface area (Å²) < 4.78 is 0. The van der Waals surface area contributed by atoms with Crippen LogP contribution < -0.4 is 5.32 Å². The molecule has 1 aromatic heterocycles. The SMILES string of the molecule is CCN1CCN(C(=O)c2ccnc(CNC)c2)CC1. The molecule has 0 bridgehead atoms. The lowest BCUT2D eigenvalue weighted by Crippen LogP contribution is -2.48. The lowest BCUT2D eigenvalue weighted by atomic mass is 10.2. The van der Waals surface area contributed by atoms with Gasteiger partial charge in [-0.3, -0.25) is 9.78 Å². The maximum atomic E-state index is 12.4. The van der Waals surface area contributed by atoms with E-state index in [2.05, 4.69) is 22.1 Å². The standard InChI is InChI=1S/C14H22N4O/c1-3-17-6-8-18(9-7-17)14(19)12-4-5-16-13(10-12)11-15-2/h4-5,10,15H,3,6-9,11H2,1-2H3. The van der Waals surface area contributed by atoms with Gasteiger partial charge in [-0.25, -0.2) is 0 Å². The predicted molar refractivity (Wildman–Crippen MR) is 75.0 cm³/mol. The molecule has 1 aliphatic heterocycles. The van der Waals surface area contributed by atoms with Crippen molar-refractivity contribution < 1.29 is 4.79 Å². The number of nitrogens with zero attached hydrogens (tertiary/aromatic N) is 3. The molecule has 1 fully saturated rings. The third-order valence-electron chi connectivity index (χ3n) is 3.53. The van der Waals surface area contributed by atoms with Gasteiger partial charge >= 0.3 is 0 Å². The zero-order valence-corrected chi connectivity index (χ0v) is 11.7. The lowest BCUT2D eigenvalue weighted by Gasteiger charge is -2.34. The van der Waals surface area contributed by atoms with Gasteiger partial charge in [0.15, 0.2) is 0 Å². The molecule has 1 aromatic rings. The Morgan fingerprint density at radius 2 is 2.11 bits per heavy atom. The number of pyridine rings is 1. The number of piperazine rings is 1. The highest BCUT2D eigenvalue weighted by atomic mass is 16.2. The van der Waals surface area contributed by atoms with Gasteiger partial charge in [-0.2, -0.15) is 0 Å². The summed E-state index contributed by atoms with van der Waals surface area (Å²) in [5.74, 6) is 0.121. The Hall–Kier alpha value is -1.46. The van der Waals surface area contributed by atoms with E-state index >= 15 is 0 Å². The van der Waals surface area contributed by atoms with Gasteiger partial charge in [-0.05, 0) is 25.7 Å². The van der Waals surface area contributed by atoms with Gasteiger partial charge in [0.1, 0.15) is 0 Å². The van der Waals surface area contributed by atoms with Gasteiger partial charge in [0.2, 0.25) is 0 Å². The summed E-state index contributed by atoms with van der Waals surface area (Å²) in [5, 5.41) is 3.05. The molecule has 0 atom stereocenters. The molecule has 5 nitrogen and oxygen atoms in total. The highest BCUT2D eigenvalue weighted by Gasteiger charge is 2.21. The van der Waals surface area contributed by atoms with E-state index in [1.807, 2.05) is 18.0 Å². The fraction of sp³-hybridized carbons (Fsp3) is 0.571. The number of rotatable bonds is 4. The van der Waals surface area contributed by atoms with Crippen molar-refractivity contribution in [3.63, 3.8) is 0 Å². The molecule has 2 rings (SSSR count). The van der Waals surface area contributed by atoms with Crippen molar-refractivity contribution in [2.45, 2.75) is 13.5 Å². The third kappa shape index (κ3) is 3.52. The van der Waals surface area contributed by atoms with Crippen LogP contribution in [0.1, 0.15) is 23.0 Å². The highest BCUT2D eigenvalue weighted by molar-refractivity contribution is 5.94. The molecule has 5 heteroatoms. The lowest BCUT2D eigenvalue weighted by molar-refractivity contribution is 0.0643. The van der Waals surface area contributed by atoms with Gasteiger partial charge in [-0.15, -0.1) is 0 Å². The molecule has 0 unspecified atom stereocenters. The highest BCUT2D eigenvalue weighted by Crippen LogP contribution is 2.09. The summed E-state index contributed by atoms with van der Waals surface area (Å²) in [7, 11) is 1.88. The van der Waals surface area contributed by atoms with Gasteiger partial charge in [-0.1, -0.05) is 6.92 Å². The Labute approximate surface area is 114 Å². The number of hydrogen-bond donors (Lipinski definition) is 1. The van der Waals surface area contributed by atoms with Crippen LogP contribution in [-0.2, 0) is 6.54 Å². The molecule has 0 saturated carbocycles. The Balaban J connectivity index is 2.01. The summed E-state index contributed by atoms with van der Waals surface area (Å²) in [5.41, 5.74) is 1.64. The second kappa shape index (κ2) is 6.63. The second-order valence-corrected chi connectivity index (χ2v) is 4.79. The maximum Gasteiger partial charge on any atom is 0.254 e. The van der Waals surface area contributed by atoms with E-state index < -0.39 is 0 Å². The molecule has 1 amide bonds. The minimum absolute atomic E-state index is 0.121. The normalized spacial score (nSPS) is 16.6. The monoisotopic (exact) mass is 262 g/mol. The molecular weight excluding hydrogens is 240 g/mol. The van der Waals surface area contributed by atoms with Gasteiger partial charge in [0, 0.05) is 44.5 Å². The molecule has 19 heavy (non-hydrogen) atoms. The Kier molecular flexibility index (Phi) is 4.87. The van der Waals surface area contributed by atoms with Crippen LogP contribution in [0.25, 0.3) is 0 Å². The number of likely N-dealkylation sites (N-methyl/N-ethyl adjacent to an activating group) is 1. The topological polar surface area (TPSA) is 48.5 Å². The van der Waals surface area contributed by atoms with Crippen LogP contribution in [0, 0.1) is 0 Å². The predicted octanol–water partition coefficient (Wildman–Crippen LogP) is 0.579. The van der Waals surface area contributed by atoms with Crippen molar-refractivity contribution in [3.8, 4) is 0 Å². The van der Waals surface area contributed by atoms with E-state index in [0.29, 0.717) is 6.54 Å². The fourth-order valence-electron chi connectivity index (χ4n) is 2.34. The summed E-state index contributed by atoms with van der Waals surface area (Å²) >= 11 is 0. The van der Waals surface area contributed by atoms with E-state index in [1.165, 1.54) is 0 Å². The quantitative estimate of drug-likeness (QED) is 0.862. The number of hydrogen-bond acceptors (Lipinski definition) is 4. The number of nitrogens with one attached hydrogen (secondary N) is 1. The van der Waals surface area contributed by atoms with E-state index in [0.717, 1.165) is 44.0 Å². The maximum absolute atomic E-state index is 12.4. The smallest absolute Gasteiger partial charge is 0.254 e. The summed E-state index contributed by atoms with van der Waals surface area (Å²) in [4.78, 5) is 20.9. The molecule has 0 radical (unpaired) electrons. The van der Waals surface area contributed by atoms with E-state index in [4.69, 9.17) is 0 Å². The van der Waals surface area contributed by atoms with Gasteiger partial charge in [0.25, 0.3) is 5.91 Å². The van der Waals surface area contributed by atoms with Crippen LogP contribution >= 0.6 is 0 Å². The number of aromatic nitrogens is 1. The van der Waals surface area contributed by atoms with E-state index in [-0.39, 0.29) is 5.91 Å². The minimum atomic E-state index is 0.121. The fourth-order valence-corrected chi connectivity index (χ4v) is 2.34. The average Bonchev–Trinajstić information content (AvgIpc) is 2.47. The summed E-state index contributed by atoms with van der Waals surface area (Å²) in [6.07, 6.45) is 1.71. The van der Waals surface area contributed by atoms with Crippen LogP contribution in [0.3, 0.4) is 0 Å². The van der Waals surface area contributed by atoms with Gasteiger partial charge in [0.05, 0.1) is 5.69 Å². The molecule has 0 aliphatic carbocycles. The molecule has 0 aromatic carbocycles. The van der Waals surface area contributed by atoms with Gasteiger partial charge < -0.3 is 15.1 Å². The average molecular weight is 262 g/mol. The Morgan fingerprint density at radius 1 is 1.37 bits per heavy atom. The molecule has 1 aliphatic rings. The van der Waals surface area contributed by atoms with Crippen LogP contribution in [0.4, 0.5) is 0 Å². The first-order valence-electron chi connectivity index (χ1n) is 6.85. The van der Waals surface area contributed by atoms with Crippen molar-refractivity contribution in [2.75, 3.05) is 39.8 Å². The largest absolute Gasteiger partial charge is 0.336 e. The number of carbonyl (C=O) groups is 1. The Morgan fingerprint density at radius 3 is 2.74 bits per heavy atom. The van der Waals surface area contributed by atoms with Crippen LogP contribution in [-0.4, -0.2) is 60.5 Å². The number of carbonyl (C=O) groups excluding carboxylic acids is 1. The number of amides is 1. The third-order valence-corrected chi connectivity index (χ3v) is 3.53. The zero-order valence-electron chi connectivity index (χ0n) is 11.7. The van der Waals surface area contributed by atoms with E-state index in [9.17, 15) is 4.79 Å². The molecule has 104 valence electrons.